The van der Waals surface area contributed by atoms with Crippen molar-refractivity contribution in [2.45, 2.75) is 46.1 Å². The van der Waals surface area contributed by atoms with Crippen LogP contribution in [0.15, 0.2) is 28.8 Å². The van der Waals surface area contributed by atoms with Gasteiger partial charge in [0.05, 0.1) is 12.5 Å². The third kappa shape index (κ3) is 7.01. The lowest BCUT2D eigenvalue weighted by molar-refractivity contribution is -0.126. The van der Waals surface area contributed by atoms with Gasteiger partial charge in [0.2, 0.25) is 17.6 Å². The first-order valence-electron chi connectivity index (χ1n) is 12.3. The van der Waals surface area contributed by atoms with Gasteiger partial charge in [-0.2, -0.15) is 4.98 Å². The quantitative estimate of drug-likeness (QED) is 0.582. The van der Waals surface area contributed by atoms with Crippen molar-refractivity contribution in [3.63, 3.8) is 0 Å². The Kier molecular flexibility index (Phi) is 8.39. The van der Waals surface area contributed by atoms with Crippen LogP contribution in [-0.4, -0.2) is 65.1 Å². The smallest absolute Gasteiger partial charge is 0.241 e. The van der Waals surface area contributed by atoms with Crippen molar-refractivity contribution in [2.24, 2.45) is 17.8 Å². The highest BCUT2D eigenvalue weighted by molar-refractivity contribution is 6.30. The predicted molar refractivity (Wildman–Crippen MR) is 130 cm³/mol. The van der Waals surface area contributed by atoms with Crippen molar-refractivity contribution in [3.8, 4) is 11.4 Å². The standard InChI is InChI=1S/C25H36ClN5O2/c1-18-12-19(2)15-30(14-18)11-5-9-27-25(32)21-7-4-10-31(16-21)17-23-28-24(29-33-23)20-6-3-8-22(26)13-20/h3,6,8,13,18-19,21H,4-5,7,9-12,14-17H2,1-2H3,(H,27,32). The number of hydrogen-bond acceptors (Lipinski definition) is 6. The number of carbonyl (C=O) groups is 1. The molecule has 4 rings (SSSR count). The molecular formula is C25H36ClN5O2. The van der Waals surface area contributed by atoms with E-state index >= 15 is 0 Å². The van der Waals surface area contributed by atoms with Crippen LogP contribution < -0.4 is 5.32 Å². The molecule has 8 heteroatoms. The second kappa shape index (κ2) is 11.4. The molecule has 3 unspecified atom stereocenters. The number of aromatic nitrogens is 2. The normalized spacial score (nSPS) is 24.6. The fourth-order valence-electron chi connectivity index (χ4n) is 5.30. The van der Waals surface area contributed by atoms with Gasteiger partial charge >= 0.3 is 0 Å². The third-order valence-corrected chi connectivity index (χ3v) is 6.92. The number of nitrogens with one attached hydrogen (secondary N) is 1. The van der Waals surface area contributed by atoms with Crippen molar-refractivity contribution in [1.29, 1.82) is 0 Å². The first-order valence-corrected chi connectivity index (χ1v) is 12.6. The lowest BCUT2D eigenvalue weighted by atomic mass is 9.92. The van der Waals surface area contributed by atoms with Crippen molar-refractivity contribution < 1.29 is 9.32 Å². The molecule has 33 heavy (non-hydrogen) atoms. The minimum Gasteiger partial charge on any atom is -0.356 e. The molecule has 0 aliphatic carbocycles. The van der Waals surface area contributed by atoms with E-state index in [1.165, 1.54) is 19.5 Å². The first-order chi connectivity index (χ1) is 16.0. The molecule has 1 aromatic heterocycles. The predicted octanol–water partition coefficient (Wildman–Crippen LogP) is 4.09. The molecule has 0 saturated carbocycles. The van der Waals surface area contributed by atoms with Crippen molar-refractivity contribution in [3.05, 3.63) is 35.2 Å². The van der Waals surface area contributed by atoms with E-state index in [4.69, 9.17) is 16.1 Å². The largest absolute Gasteiger partial charge is 0.356 e. The molecule has 3 heterocycles. The lowest BCUT2D eigenvalue weighted by Crippen LogP contribution is -2.43. The average molecular weight is 474 g/mol. The van der Waals surface area contributed by atoms with Crippen LogP contribution in [0.5, 0.6) is 0 Å². The summed E-state index contributed by atoms with van der Waals surface area (Å²) in [5.74, 6) is 2.84. The maximum Gasteiger partial charge on any atom is 0.241 e. The van der Waals surface area contributed by atoms with E-state index in [0.717, 1.165) is 62.8 Å². The SMILES string of the molecule is CC1CC(C)CN(CCCNC(=O)C2CCCN(Cc3nc(-c4cccc(Cl)c4)no3)C2)C1. The summed E-state index contributed by atoms with van der Waals surface area (Å²) in [5, 5.41) is 7.91. The number of halogens is 1. The maximum atomic E-state index is 12.8. The summed E-state index contributed by atoms with van der Waals surface area (Å²) >= 11 is 6.06. The van der Waals surface area contributed by atoms with Crippen molar-refractivity contribution in [1.82, 2.24) is 25.3 Å². The highest BCUT2D eigenvalue weighted by Gasteiger charge is 2.27. The third-order valence-electron chi connectivity index (χ3n) is 6.68. The molecule has 2 aromatic rings. The first kappa shape index (κ1) is 24.2. The number of hydrogen-bond donors (Lipinski definition) is 1. The molecule has 0 spiro atoms. The van der Waals surface area contributed by atoms with Crippen LogP contribution in [0.3, 0.4) is 0 Å². The van der Waals surface area contributed by atoms with Crippen molar-refractivity contribution in [2.75, 3.05) is 39.3 Å². The van der Waals surface area contributed by atoms with Crippen LogP contribution in [0, 0.1) is 17.8 Å². The Morgan fingerprint density at radius 1 is 1.21 bits per heavy atom. The molecular weight excluding hydrogens is 438 g/mol. The Morgan fingerprint density at radius 2 is 2.03 bits per heavy atom. The molecule has 2 aliphatic heterocycles. The highest BCUT2D eigenvalue weighted by atomic mass is 35.5. The number of rotatable bonds is 8. The van der Waals surface area contributed by atoms with Gasteiger partial charge in [-0.1, -0.05) is 42.7 Å². The zero-order valence-corrected chi connectivity index (χ0v) is 20.6. The fourth-order valence-corrected chi connectivity index (χ4v) is 5.49. The number of nitrogens with zero attached hydrogens (tertiary/aromatic N) is 4. The molecule has 1 aromatic carbocycles. The number of likely N-dealkylation sites (tertiary alicyclic amines) is 2. The van der Waals surface area contributed by atoms with E-state index in [2.05, 4.69) is 39.1 Å². The second-order valence-corrected chi connectivity index (χ2v) is 10.4. The summed E-state index contributed by atoms with van der Waals surface area (Å²) in [4.78, 5) is 22.1. The zero-order valence-electron chi connectivity index (χ0n) is 19.8. The van der Waals surface area contributed by atoms with Crippen molar-refractivity contribution >= 4 is 17.5 Å². The highest BCUT2D eigenvalue weighted by Crippen LogP contribution is 2.23. The monoisotopic (exact) mass is 473 g/mol. The van der Waals surface area contributed by atoms with Crippen LogP contribution in [0.2, 0.25) is 5.02 Å². The van der Waals surface area contributed by atoms with Gasteiger partial charge in [-0.05, 0) is 62.7 Å². The van der Waals surface area contributed by atoms with Gasteiger partial charge in [0.25, 0.3) is 0 Å². The summed E-state index contributed by atoms with van der Waals surface area (Å²) in [7, 11) is 0. The van der Waals surface area contributed by atoms with Crippen LogP contribution in [0.4, 0.5) is 0 Å². The molecule has 1 amide bonds. The Morgan fingerprint density at radius 3 is 2.82 bits per heavy atom. The molecule has 2 saturated heterocycles. The number of benzene rings is 1. The van der Waals surface area contributed by atoms with E-state index < -0.39 is 0 Å². The Balaban J connectivity index is 1.20. The molecule has 7 nitrogen and oxygen atoms in total. The summed E-state index contributed by atoms with van der Waals surface area (Å²) in [6.07, 6.45) is 4.27. The van der Waals surface area contributed by atoms with Gasteiger partial charge in [0.15, 0.2) is 0 Å². The Labute approximate surface area is 201 Å². The molecule has 3 atom stereocenters. The van der Waals surface area contributed by atoms with Crippen LogP contribution >= 0.6 is 11.6 Å². The fraction of sp³-hybridized carbons (Fsp3) is 0.640. The summed E-state index contributed by atoms with van der Waals surface area (Å²) in [5.41, 5.74) is 0.835. The summed E-state index contributed by atoms with van der Waals surface area (Å²) < 4.78 is 5.46. The zero-order chi connectivity index (χ0) is 23.2. The number of piperidine rings is 2. The van der Waals surface area contributed by atoms with Gasteiger partial charge in [-0.3, -0.25) is 9.69 Å². The number of carbonyl (C=O) groups excluding carboxylic acids is 1. The summed E-state index contributed by atoms with van der Waals surface area (Å²) in [6, 6.07) is 7.42. The van der Waals surface area contributed by atoms with Crippen LogP contribution in [0.25, 0.3) is 11.4 Å². The van der Waals surface area contributed by atoms with E-state index in [-0.39, 0.29) is 11.8 Å². The van der Waals surface area contributed by atoms with Gasteiger partial charge in [0, 0.05) is 36.8 Å². The maximum absolute atomic E-state index is 12.8. The lowest BCUT2D eigenvalue weighted by Gasteiger charge is -2.35. The molecule has 0 radical (unpaired) electrons. The summed E-state index contributed by atoms with van der Waals surface area (Å²) in [6.45, 7) is 11.1. The average Bonchev–Trinajstić information content (AvgIpc) is 3.25. The van der Waals surface area contributed by atoms with Gasteiger partial charge in [-0.15, -0.1) is 0 Å². The van der Waals surface area contributed by atoms with E-state index in [1.807, 2.05) is 24.3 Å². The van der Waals surface area contributed by atoms with E-state index in [9.17, 15) is 4.79 Å². The molecule has 1 N–H and O–H groups in total. The van der Waals surface area contributed by atoms with E-state index in [1.54, 1.807) is 0 Å². The molecule has 2 aliphatic rings. The topological polar surface area (TPSA) is 74.5 Å². The Bertz CT molecular complexity index is 910. The molecule has 2 fully saturated rings. The molecule has 0 bridgehead atoms. The van der Waals surface area contributed by atoms with Crippen LogP contribution in [0.1, 0.15) is 45.4 Å². The van der Waals surface area contributed by atoms with Gasteiger partial charge in [0.1, 0.15) is 0 Å². The van der Waals surface area contributed by atoms with Gasteiger partial charge < -0.3 is 14.7 Å². The molecule has 180 valence electrons. The van der Waals surface area contributed by atoms with E-state index in [0.29, 0.717) is 23.3 Å². The number of amides is 1. The van der Waals surface area contributed by atoms with Gasteiger partial charge in [-0.25, -0.2) is 0 Å². The second-order valence-electron chi connectivity index (χ2n) is 9.95. The van der Waals surface area contributed by atoms with Crippen LogP contribution in [-0.2, 0) is 11.3 Å². The minimum absolute atomic E-state index is 0.0177. The minimum atomic E-state index is 0.0177. The Hall–Kier alpha value is -1.96.